The number of hydrogen-bond donors (Lipinski definition) is 4. The Morgan fingerprint density at radius 1 is 1.05 bits per heavy atom. The van der Waals surface area contributed by atoms with Crippen LogP contribution in [0.2, 0.25) is 0 Å². The Labute approximate surface area is 241 Å². The zero-order chi connectivity index (χ0) is 29.6. The van der Waals surface area contributed by atoms with E-state index in [1.165, 1.54) is 12.4 Å². The Morgan fingerprint density at radius 3 is 2.36 bits per heavy atom. The molecule has 3 heterocycles. The van der Waals surface area contributed by atoms with Crippen LogP contribution in [-0.4, -0.2) is 56.0 Å². The first kappa shape index (κ1) is 28.1. The fourth-order valence-corrected chi connectivity index (χ4v) is 4.85. The lowest BCUT2D eigenvalue weighted by Crippen LogP contribution is -2.43. The quantitative estimate of drug-likeness (QED) is 0.289. The van der Waals surface area contributed by atoms with Gasteiger partial charge in [-0.05, 0) is 18.1 Å². The van der Waals surface area contributed by atoms with Crippen LogP contribution < -0.4 is 15.4 Å². The van der Waals surface area contributed by atoms with Crippen LogP contribution in [0.3, 0.4) is 0 Å². The Hall–Kier alpha value is -5.45. The van der Waals surface area contributed by atoms with E-state index >= 15 is 0 Å². The number of benzene rings is 2. The molecule has 2 aromatic carbocycles. The second-order valence-electron chi connectivity index (χ2n) is 9.54. The molecule has 214 valence electrons. The number of carbonyl (C=O) groups is 3. The zero-order valence-electron chi connectivity index (χ0n) is 22.8. The minimum Gasteiger partial charge on any atom is -0.505 e. The molecule has 5 rings (SSSR count). The first-order chi connectivity index (χ1) is 20.4. The molecule has 0 saturated heterocycles. The summed E-state index contributed by atoms with van der Waals surface area (Å²) in [6.45, 7) is 2.16. The maximum atomic E-state index is 13.6. The molecule has 2 aliphatic heterocycles. The number of nitrogens with one attached hydrogen (secondary N) is 2. The number of ether oxygens (including phenoxy) is 1. The first-order valence-electron chi connectivity index (χ1n) is 13.4. The van der Waals surface area contributed by atoms with E-state index in [2.05, 4.69) is 20.6 Å². The minimum absolute atomic E-state index is 0.105. The van der Waals surface area contributed by atoms with Gasteiger partial charge in [-0.15, -0.1) is 0 Å². The van der Waals surface area contributed by atoms with Gasteiger partial charge in [0.25, 0.3) is 5.91 Å². The number of aliphatic hydroxyl groups is 1. The smallest absolute Gasteiger partial charge is 0.316 e. The van der Waals surface area contributed by atoms with Crippen molar-refractivity contribution in [1.29, 1.82) is 0 Å². The van der Waals surface area contributed by atoms with Crippen LogP contribution in [0.25, 0.3) is 5.70 Å². The highest BCUT2D eigenvalue weighted by atomic mass is 16.5. The van der Waals surface area contributed by atoms with Crippen molar-refractivity contribution in [2.24, 2.45) is 0 Å². The number of fused-ring (bicyclic) bond motifs is 1. The van der Waals surface area contributed by atoms with Crippen LogP contribution in [0.1, 0.15) is 36.0 Å². The molecule has 0 aliphatic carbocycles. The van der Waals surface area contributed by atoms with Crippen molar-refractivity contribution in [3.63, 3.8) is 0 Å². The summed E-state index contributed by atoms with van der Waals surface area (Å²) in [5.41, 5.74) is 2.79. The fourth-order valence-electron chi connectivity index (χ4n) is 4.85. The number of aliphatic carboxylic acids is 1. The second kappa shape index (κ2) is 12.4. The van der Waals surface area contributed by atoms with E-state index in [0.29, 0.717) is 23.4 Å². The molecule has 2 amide bonds. The molecule has 1 unspecified atom stereocenters. The molecule has 2 aliphatic rings. The number of aliphatic hydroxyl groups excluding tert-OH is 1. The number of carboxylic acid groups (broad SMARTS) is 1. The van der Waals surface area contributed by atoms with Gasteiger partial charge < -0.3 is 30.5 Å². The summed E-state index contributed by atoms with van der Waals surface area (Å²) < 4.78 is 5.40. The lowest BCUT2D eigenvalue weighted by atomic mass is 9.87. The molecule has 0 fully saturated rings. The van der Waals surface area contributed by atoms with E-state index in [-0.39, 0.29) is 54.2 Å². The van der Waals surface area contributed by atoms with Crippen molar-refractivity contribution < 1.29 is 29.3 Å². The van der Waals surface area contributed by atoms with Gasteiger partial charge in [0.15, 0.2) is 11.5 Å². The average molecular weight is 568 g/mol. The van der Waals surface area contributed by atoms with Crippen LogP contribution in [0.5, 0.6) is 6.01 Å². The molecular formula is C31H29N5O6. The summed E-state index contributed by atoms with van der Waals surface area (Å²) in [6.07, 6.45) is 4.37. The van der Waals surface area contributed by atoms with Gasteiger partial charge in [-0.3, -0.25) is 14.4 Å². The summed E-state index contributed by atoms with van der Waals surface area (Å²) in [5.74, 6) is -3.16. The number of carbonyl (C=O) groups excluding carboxylic acids is 2. The summed E-state index contributed by atoms with van der Waals surface area (Å²) >= 11 is 0. The maximum absolute atomic E-state index is 13.6. The standard InChI is InChI=1S/C31H29N5O6/c1-2-42-31-33-16-21(17-34-31)26-25-23(15-22(29(40)35-25)20-11-7-4-8-12-20)28(39)27(30(41)32-14-13-24(37)38)36(26)18-19-9-5-3-6-10-19/h3-12,15-17,22,39H,2,13-14,18H2,1H3,(H,32,41)(H,35,40)(H,37,38). The number of rotatable bonds is 10. The first-order valence-corrected chi connectivity index (χ1v) is 13.4. The van der Waals surface area contributed by atoms with Gasteiger partial charge in [-0.2, -0.15) is 0 Å². The fraction of sp³-hybridized carbons (Fsp3) is 0.194. The number of nitrogens with zero attached hydrogens (tertiary/aromatic N) is 3. The molecule has 0 bridgehead atoms. The third kappa shape index (κ3) is 5.85. The summed E-state index contributed by atoms with van der Waals surface area (Å²) in [7, 11) is 0. The molecule has 4 N–H and O–H groups in total. The Morgan fingerprint density at radius 2 is 1.71 bits per heavy atom. The zero-order valence-corrected chi connectivity index (χ0v) is 22.8. The molecule has 42 heavy (non-hydrogen) atoms. The van der Waals surface area contributed by atoms with Crippen molar-refractivity contribution in [3.05, 3.63) is 119 Å². The summed E-state index contributed by atoms with van der Waals surface area (Å²) in [5, 5.41) is 26.3. The van der Waals surface area contributed by atoms with Gasteiger partial charge in [0, 0.05) is 36.6 Å². The van der Waals surface area contributed by atoms with E-state index < -0.39 is 17.8 Å². The van der Waals surface area contributed by atoms with E-state index in [9.17, 15) is 19.5 Å². The highest BCUT2D eigenvalue weighted by molar-refractivity contribution is 6.01. The number of carboxylic acids is 1. The van der Waals surface area contributed by atoms with E-state index in [1.54, 1.807) is 11.0 Å². The monoisotopic (exact) mass is 567 g/mol. The van der Waals surface area contributed by atoms with Gasteiger partial charge in [0.05, 0.1) is 30.3 Å². The molecule has 0 spiro atoms. The Kier molecular flexibility index (Phi) is 8.28. The summed E-state index contributed by atoms with van der Waals surface area (Å²) in [6, 6.07) is 18.5. The Bertz CT molecular complexity index is 1580. The predicted molar refractivity (Wildman–Crippen MR) is 152 cm³/mol. The van der Waals surface area contributed by atoms with Crippen molar-refractivity contribution in [2.75, 3.05) is 13.2 Å². The molecular weight excluding hydrogens is 538 g/mol. The predicted octanol–water partition coefficient (Wildman–Crippen LogP) is 3.26. The molecule has 11 heteroatoms. The van der Waals surface area contributed by atoms with Crippen molar-refractivity contribution in [3.8, 4) is 6.01 Å². The SMILES string of the molecule is CCOc1ncc(C2=C3NC(=O)C(c4ccccc4)C=C3C(O)=C(C(=O)NCCC(=O)O)N2Cc2ccccc2)cn1. The average Bonchev–Trinajstić information content (AvgIpc) is 2.99. The number of aromatic nitrogens is 2. The number of amides is 2. The van der Waals surface area contributed by atoms with Crippen molar-refractivity contribution in [2.45, 2.75) is 25.8 Å². The lowest BCUT2D eigenvalue weighted by Gasteiger charge is -2.38. The van der Waals surface area contributed by atoms with Gasteiger partial charge in [-0.25, -0.2) is 9.97 Å². The van der Waals surface area contributed by atoms with Crippen molar-refractivity contribution >= 4 is 23.5 Å². The molecule has 11 nitrogen and oxygen atoms in total. The van der Waals surface area contributed by atoms with Crippen LogP contribution >= 0.6 is 0 Å². The largest absolute Gasteiger partial charge is 0.505 e. The highest BCUT2D eigenvalue weighted by Gasteiger charge is 2.40. The highest BCUT2D eigenvalue weighted by Crippen LogP contribution is 2.42. The third-order valence-corrected chi connectivity index (χ3v) is 6.75. The topological polar surface area (TPSA) is 154 Å². The van der Waals surface area contributed by atoms with Gasteiger partial charge >= 0.3 is 12.0 Å². The summed E-state index contributed by atoms with van der Waals surface area (Å²) in [4.78, 5) is 48.4. The molecule has 0 radical (unpaired) electrons. The van der Waals surface area contributed by atoms with Crippen LogP contribution in [0.15, 0.2) is 102 Å². The maximum Gasteiger partial charge on any atom is 0.316 e. The van der Waals surface area contributed by atoms with Gasteiger partial charge in [0.1, 0.15) is 0 Å². The molecule has 3 aromatic rings. The molecule has 0 saturated carbocycles. The van der Waals surface area contributed by atoms with Gasteiger partial charge in [-0.1, -0.05) is 66.7 Å². The lowest BCUT2D eigenvalue weighted by molar-refractivity contribution is -0.137. The van der Waals surface area contributed by atoms with E-state index in [1.807, 2.05) is 67.6 Å². The van der Waals surface area contributed by atoms with E-state index in [0.717, 1.165) is 5.56 Å². The normalized spacial score (nSPS) is 16.4. The van der Waals surface area contributed by atoms with Crippen LogP contribution in [0.4, 0.5) is 0 Å². The molecule has 1 atom stereocenters. The minimum atomic E-state index is -1.07. The van der Waals surface area contributed by atoms with Crippen LogP contribution in [-0.2, 0) is 20.9 Å². The Balaban J connectivity index is 1.70. The van der Waals surface area contributed by atoms with Crippen molar-refractivity contribution in [1.82, 2.24) is 25.5 Å². The third-order valence-electron chi connectivity index (χ3n) is 6.75. The molecule has 1 aromatic heterocycles. The van der Waals surface area contributed by atoms with E-state index in [4.69, 9.17) is 9.84 Å². The van der Waals surface area contributed by atoms with Gasteiger partial charge in [0.2, 0.25) is 5.91 Å². The second-order valence-corrected chi connectivity index (χ2v) is 9.54. The number of hydrogen-bond acceptors (Lipinski definition) is 8. The van der Waals surface area contributed by atoms with Crippen LogP contribution in [0, 0.1) is 0 Å².